The molecule has 1 N–H and O–H groups in total. The van der Waals surface area contributed by atoms with Gasteiger partial charge in [-0.3, -0.25) is 0 Å². The second-order valence-electron chi connectivity index (χ2n) is 5.39. The van der Waals surface area contributed by atoms with Gasteiger partial charge in [0.25, 0.3) is 0 Å². The number of likely N-dealkylation sites (tertiary alicyclic amines) is 1. The highest BCUT2D eigenvalue weighted by molar-refractivity contribution is 5.03. The Bertz CT molecular complexity index is 378. The number of rotatable bonds is 3. The summed E-state index contributed by atoms with van der Waals surface area (Å²) in [5.41, 5.74) is 0. The summed E-state index contributed by atoms with van der Waals surface area (Å²) >= 11 is 0. The van der Waals surface area contributed by atoms with Gasteiger partial charge >= 0.3 is 0 Å². The Hall–Kier alpha value is -0.940. The van der Waals surface area contributed by atoms with E-state index in [1.165, 1.54) is 0 Å². The first-order chi connectivity index (χ1) is 8.86. The molecule has 1 atom stereocenters. The van der Waals surface area contributed by atoms with Crippen molar-refractivity contribution >= 4 is 0 Å². The normalized spacial score (nSPS) is 26.8. The lowest BCUT2D eigenvalue weighted by Gasteiger charge is -2.28. The Morgan fingerprint density at radius 2 is 2.11 bits per heavy atom. The van der Waals surface area contributed by atoms with E-state index < -0.39 is 0 Å². The van der Waals surface area contributed by atoms with Crippen molar-refractivity contribution in [1.82, 2.24) is 20.4 Å². The molecule has 1 unspecified atom stereocenters. The Morgan fingerprint density at radius 3 is 2.78 bits per heavy atom. The molecule has 5 heteroatoms. The molecule has 0 bridgehead atoms. The standard InChI is InChI=1S/C13H22N4O/c1-2-17-7-4-10(5-8-17)13-15-12(16-18-13)11-3-6-14-9-11/h10-11,14H,2-9H2,1H3. The van der Waals surface area contributed by atoms with E-state index >= 15 is 0 Å². The van der Waals surface area contributed by atoms with Crippen molar-refractivity contribution in [1.29, 1.82) is 0 Å². The predicted molar refractivity (Wildman–Crippen MR) is 68.6 cm³/mol. The highest BCUT2D eigenvalue weighted by Crippen LogP contribution is 2.28. The van der Waals surface area contributed by atoms with Crippen molar-refractivity contribution in [2.24, 2.45) is 0 Å². The van der Waals surface area contributed by atoms with Gasteiger partial charge in [0.2, 0.25) is 5.89 Å². The SMILES string of the molecule is CCN1CCC(c2nc(C3CCNC3)no2)CC1. The van der Waals surface area contributed by atoms with Crippen LogP contribution in [0.1, 0.15) is 49.7 Å². The van der Waals surface area contributed by atoms with Gasteiger partial charge in [0.05, 0.1) is 0 Å². The van der Waals surface area contributed by atoms with Gasteiger partial charge in [0.15, 0.2) is 5.82 Å². The zero-order chi connectivity index (χ0) is 12.4. The van der Waals surface area contributed by atoms with Crippen molar-refractivity contribution < 1.29 is 4.52 Å². The Kier molecular flexibility index (Phi) is 3.61. The summed E-state index contributed by atoms with van der Waals surface area (Å²) in [6.45, 7) is 7.75. The largest absolute Gasteiger partial charge is 0.339 e. The van der Waals surface area contributed by atoms with Crippen LogP contribution in [0, 0.1) is 0 Å². The van der Waals surface area contributed by atoms with Crippen molar-refractivity contribution in [2.45, 2.75) is 38.0 Å². The lowest BCUT2D eigenvalue weighted by atomic mass is 9.97. The molecular formula is C13H22N4O. The molecule has 0 amide bonds. The van der Waals surface area contributed by atoms with Crippen LogP contribution in [0.25, 0.3) is 0 Å². The van der Waals surface area contributed by atoms with E-state index in [1.807, 2.05) is 0 Å². The molecule has 1 aromatic rings. The van der Waals surface area contributed by atoms with Crippen LogP contribution in [-0.4, -0.2) is 47.8 Å². The smallest absolute Gasteiger partial charge is 0.229 e. The Morgan fingerprint density at radius 1 is 1.28 bits per heavy atom. The van der Waals surface area contributed by atoms with E-state index in [9.17, 15) is 0 Å². The van der Waals surface area contributed by atoms with Crippen molar-refractivity contribution in [2.75, 3.05) is 32.7 Å². The Labute approximate surface area is 108 Å². The fourth-order valence-electron chi connectivity index (χ4n) is 2.95. The van der Waals surface area contributed by atoms with Crippen LogP contribution in [0.5, 0.6) is 0 Å². The molecule has 0 saturated carbocycles. The van der Waals surface area contributed by atoms with Crippen LogP contribution in [0.15, 0.2) is 4.52 Å². The van der Waals surface area contributed by atoms with Crippen LogP contribution in [0.4, 0.5) is 0 Å². The maximum Gasteiger partial charge on any atom is 0.229 e. The molecule has 18 heavy (non-hydrogen) atoms. The minimum Gasteiger partial charge on any atom is -0.339 e. The van der Waals surface area contributed by atoms with Crippen LogP contribution in [0.2, 0.25) is 0 Å². The summed E-state index contributed by atoms with van der Waals surface area (Å²) in [5.74, 6) is 2.71. The first-order valence-electron chi connectivity index (χ1n) is 7.13. The quantitative estimate of drug-likeness (QED) is 0.877. The highest BCUT2D eigenvalue weighted by atomic mass is 16.5. The van der Waals surface area contributed by atoms with Gasteiger partial charge in [-0.15, -0.1) is 0 Å². The van der Waals surface area contributed by atoms with E-state index in [-0.39, 0.29) is 0 Å². The van der Waals surface area contributed by atoms with E-state index in [0.717, 1.165) is 63.7 Å². The third-order valence-electron chi connectivity index (χ3n) is 4.27. The molecule has 0 aliphatic carbocycles. The lowest BCUT2D eigenvalue weighted by Crippen LogP contribution is -2.32. The molecule has 2 aliphatic rings. The van der Waals surface area contributed by atoms with E-state index in [4.69, 9.17) is 4.52 Å². The summed E-state index contributed by atoms with van der Waals surface area (Å²) in [6, 6.07) is 0. The van der Waals surface area contributed by atoms with Gasteiger partial charge in [0, 0.05) is 18.4 Å². The molecule has 2 fully saturated rings. The van der Waals surface area contributed by atoms with Gasteiger partial charge in [0.1, 0.15) is 0 Å². The second kappa shape index (κ2) is 5.36. The molecule has 3 heterocycles. The lowest BCUT2D eigenvalue weighted by molar-refractivity contribution is 0.202. The third kappa shape index (κ3) is 2.42. The summed E-state index contributed by atoms with van der Waals surface area (Å²) in [6.07, 6.45) is 3.43. The van der Waals surface area contributed by atoms with Crippen LogP contribution in [0.3, 0.4) is 0 Å². The first kappa shape index (κ1) is 12.1. The minimum absolute atomic E-state index is 0.457. The molecule has 2 aliphatic heterocycles. The second-order valence-corrected chi connectivity index (χ2v) is 5.39. The van der Waals surface area contributed by atoms with Gasteiger partial charge in [-0.1, -0.05) is 12.1 Å². The summed E-state index contributed by atoms with van der Waals surface area (Å²) < 4.78 is 5.48. The molecule has 0 radical (unpaired) electrons. The van der Waals surface area contributed by atoms with Gasteiger partial charge in [-0.05, 0) is 45.4 Å². The fourth-order valence-corrected chi connectivity index (χ4v) is 2.95. The topological polar surface area (TPSA) is 54.2 Å². The van der Waals surface area contributed by atoms with E-state index in [2.05, 4.69) is 27.3 Å². The number of hydrogen-bond donors (Lipinski definition) is 1. The van der Waals surface area contributed by atoms with Crippen LogP contribution >= 0.6 is 0 Å². The van der Waals surface area contributed by atoms with Crippen molar-refractivity contribution in [3.05, 3.63) is 11.7 Å². The maximum atomic E-state index is 5.48. The number of nitrogens with zero attached hydrogens (tertiary/aromatic N) is 3. The predicted octanol–water partition coefficient (Wildman–Crippen LogP) is 1.35. The molecular weight excluding hydrogens is 228 g/mol. The summed E-state index contributed by atoms with van der Waals surface area (Å²) in [4.78, 5) is 7.11. The number of hydrogen-bond acceptors (Lipinski definition) is 5. The number of piperidine rings is 1. The molecule has 100 valence electrons. The van der Waals surface area contributed by atoms with E-state index in [0.29, 0.717) is 11.8 Å². The van der Waals surface area contributed by atoms with Crippen molar-refractivity contribution in [3.8, 4) is 0 Å². The van der Waals surface area contributed by atoms with Gasteiger partial charge in [-0.25, -0.2) is 0 Å². The molecule has 0 aromatic carbocycles. The van der Waals surface area contributed by atoms with Gasteiger partial charge < -0.3 is 14.7 Å². The summed E-state index contributed by atoms with van der Waals surface area (Å²) in [5, 5.41) is 7.52. The zero-order valence-corrected chi connectivity index (χ0v) is 11.1. The number of nitrogens with one attached hydrogen (secondary N) is 1. The average Bonchev–Trinajstić information content (AvgIpc) is 3.09. The van der Waals surface area contributed by atoms with Gasteiger partial charge in [-0.2, -0.15) is 4.98 Å². The van der Waals surface area contributed by atoms with E-state index in [1.54, 1.807) is 0 Å². The number of aromatic nitrogens is 2. The van der Waals surface area contributed by atoms with Crippen molar-refractivity contribution in [3.63, 3.8) is 0 Å². The Balaban J connectivity index is 1.62. The highest BCUT2D eigenvalue weighted by Gasteiger charge is 2.27. The monoisotopic (exact) mass is 250 g/mol. The first-order valence-corrected chi connectivity index (χ1v) is 7.13. The fraction of sp³-hybridized carbons (Fsp3) is 0.846. The minimum atomic E-state index is 0.457. The molecule has 2 saturated heterocycles. The van der Waals surface area contributed by atoms with Crippen LogP contribution in [-0.2, 0) is 0 Å². The maximum absolute atomic E-state index is 5.48. The average molecular weight is 250 g/mol. The zero-order valence-electron chi connectivity index (χ0n) is 11.1. The van der Waals surface area contributed by atoms with Crippen LogP contribution < -0.4 is 5.32 Å². The summed E-state index contributed by atoms with van der Waals surface area (Å²) in [7, 11) is 0. The third-order valence-corrected chi connectivity index (χ3v) is 4.27. The molecule has 3 rings (SSSR count). The molecule has 1 aromatic heterocycles. The molecule has 5 nitrogen and oxygen atoms in total. The molecule has 0 spiro atoms.